The molecule has 0 amide bonds. The third-order valence-electron chi connectivity index (χ3n) is 3.02. The van der Waals surface area contributed by atoms with Crippen LogP contribution in [0.2, 0.25) is 0 Å². The molecule has 2 rings (SSSR count). The Labute approximate surface area is 102 Å². The van der Waals surface area contributed by atoms with Crippen molar-refractivity contribution < 1.29 is 30.3 Å². The quantitative estimate of drug-likeness (QED) is 0.415. The van der Waals surface area contributed by atoms with Crippen molar-refractivity contribution in [3.8, 4) is 0 Å². The summed E-state index contributed by atoms with van der Waals surface area (Å²) in [5.74, 6) is -1.04. The number of hydrogen-bond acceptors (Lipinski definition) is 6. The smallest absolute Gasteiger partial charge is 0.309 e. The van der Waals surface area contributed by atoms with Crippen molar-refractivity contribution in [1.29, 1.82) is 0 Å². The maximum Gasteiger partial charge on any atom is 0.309 e. The molecule has 18 heavy (non-hydrogen) atoms. The Bertz CT molecular complexity index is 459. The molecule has 100 valence electrons. The molecule has 0 fully saturated rings. The fourth-order valence-corrected chi connectivity index (χ4v) is 2.11. The molecule has 4 atom stereocenters. The molecule has 8 nitrogen and oxygen atoms in total. The molecule has 0 unspecified atom stereocenters. The number of hydrogen-bond donors (Lipinski definition) is 5. The van der Waals surface area contributed by atoms with Gasteiger partial charge in [0.15, 0.2) is 0 Å². The highest BCUT2D eigenvalue weighted by molar-refractivity contribution is 5.69. The molecule has 1 aromatic rings. The summed E-state index contributed by atoms with van der Waals surface area (Å²) in [6.07, 6.45) is -3.20. The number of aromatic nitrogens is 2. The standard InChI is InChI=1S/C10H14N2O6/c13-3-5-7(16)8(17)9(18)10-11-4(1-6(14)15)2-12(5)10/h2,5,7-9,13,16-18H,1,3H2,(H,14,15)/t5-,7-,8+,9+/m1/s1. The number of carbonyl (C=O) groups is 1. The van der Waals surface area contributed by atoms with Crippen LogP contribution >= 0.6 is 0 Å². The molecule has 0 aromatic carbocycles. The zero-order chi connectivity index (χ0) is 13.4. The van der Waals surface area contributed by atoms with Crippen LogP contribution in [-0.4, -0.2) is 59.9 Å². The van der Waals surface area contributed by atoms with Crippen LogP contribution in [0, 0.1) is 0 Å². The zero-order valence-electron chi connectivity index (χ0n) is 9.34. The van der Waals surface area contributed by atoms with E-state index in [4.69, 9.17) is 5.11 Å². The molecule has 0 saturated carbocycles. The first-order valence-corrected chi connectivity index (χ1v) is 5.40. The number of aliphatic hydroxyl groups excluding tert-OH is 4. The molecule has 1 aromatic heterocycles. The molecule has 1 aliphatic rings. The Morgan fingerprint density at radius 2 is 2.00 bits per heavy atom. The van der Waals surface area contributed by atoms with Crippen LogP contribution in [-0.2, 0) is 11.2 Å². The Morgan fingerprint density at radius 3 is 2.56 bits per heavy atom. The number of rotatable bonds is 3. The van der Waals surface area contributed by atoms with Gasteiger partial charge in [0, 0.05) is 6.20 Å². The van der Waals surface area contributed by atoms with Gasteiger partial charge in [-0.15, -0.1) is 0 Å². The topological polar surface area (TPSA) is 136 Å². The molecule has 8 heteroatoms. The molecule has 0 spiro atoms. The van der Waals surface area contributed by atoms with Crippen LogP contribution in [0.15, 0.2) is 6.20 Å². The second kappa shape index (κ2) is 4.65. The van der Waals surface area contributed by atoms with Gasteiger partial charge in [0.1, 0.15) is 24.1 Å². The molecular weight excluding hydrogens is 244 g/mol. The van der Waals surface area contributed by atoms with E-state index < -0.39 is 36.9 Å². The molecule has 1 aliphatic heterocycles. The van der Waals surface area contributed by atoms with Crippen molar-refractivity contribution in [1.82, 2.24) is 9.55 Å². The van der Waals surface area contributed by atoms with E-state index in [-0.39, 0.29) is 17.9 Å². The summed E-state index contributed by atoms with van der Waals surface area (Å²) in [7, 11) is 0. The third kappa shape index (κ3) is 1.99. The van der Waals surface area contributed by atoms with Crippen molar-refractivity contribution >= 4 is 5.97 Å². The van der Waals surface area contributed by atoms with E-state index in [0.29, 0.717) is 0 Å². The summed E-state index contributed by atoms with van der Waals surface area (Å²) >= 11 is 0. The molecule has 0 radical (unpaired) electrons. The Hall–Kier alpha value is -1.48. The number of carboxylic acids is 1. The van der Waals surface area contributed by atoms with E-state index in [0.717, 1.165) is 0 Å². The average molecular weight is 258 g/mol. The van der Waals surface area contributed by atoms with Crippen molar-refractivity contribution in [2.24, 2.45) is 0 Å². The van der Waals surface area contributed by atoms with Gasteiger partial charge in [-0.05, 0) is 0 Å². The average Bonchev–Trinajstić information content (AvgIpc) is 2.70. The number of aliphatic hydroxyl groups is 4. The number of fused-ring (bicyclic) bond motifs is 1. The number of nitrogens with zero attached hydrogens (tertiary/aromatic N) is 2. The summed E-state index contributed by atoms with van der Waals surface area (Å²) in [4.78, 5) is 14.5. The molecule has 0 saturated heterocycles. The second-order valence-electron chi connectivity index (χ2n) is 4.24. The van der Waals surface area contributed by atoms with Gasteiger partial charge < -0.3 is 30.1 Å². The van der Waals surface area contributed by atoms with Crippen LogP contribution in [0.4, 0.5) is 0 Å². The van der Waals surface area contributed by atoms with E-state index in [1.807, 2.05) is 0 Å². The first-order chi connectivity index (χ1) is 8.45. The largest absolute Gasteiger partial charge is 0.481 e. The Kier molecular flexibility index (Phi) is 3.35. The van der Waals surface area contributed by atoms with Gasteiger partial charge in [-0.25, -0.2) is 4.98 Å². The van der Waals surface area contributed by atoms with Crippen molar-refractivity contribution in [2.75, 3.05) is 6.61 Å². The molecule has 0 aliphatic carbocycles. The minimum absolute atomic E-state index is 0.0445. The SMILES string of the molecule is O=C(O)Cc1cn2c(n1)[C@@H](O)[C@@H](O)[C@H](O)[C@H]2CO. The van der Waals surface area contributed by atoms with Crippen molar-refractivity contribution in [3.05, 3.63) is 17.7 Å². The lowest BCUT2D eigenvalue weighted by Crippen LogP contribution is -2.46. The van der Waals surface area contributed by atoms with E-state index in [9.17, 15) is 25.2 Å². The summed E-state index contributed by atoms with van der Waals surface area (Å²) in [5, 5.41) is 46.9. The summed E-state index contributed by atoms with van der Waals surface area (Å²) < 4.78 is 1.31. The normalized spacial score (nSPS) is 31.1. The van der Waals surface area contributed by atoms with Crippen LogP contribution in [0.3, 0.4) is 0 Å². The highest BCUT2D eigenvalue weighted by atomic mass is 16.4. The first kappa shape index (κ1) is 13.0. The number of aliphatic carboxylic acids is 1. The maximum atomic E-state index is 10.6. The molecule has 2 heterocycles. The second-order valence-corrected chi connectivity index (χ2v) is 4.24. The fourth-order valence-electron chi connectivity index (χ4n) is 2.11. The van der Waals surface area contributed by atoms with Gasteiger partial charge in [-0.2, -0.15) is 0 Å². The fraction of sp³-hybridized carbons (Fsp3) is 0.600. The monoisotopic (exact) mass is 258 g/mol. The Balaban J connectivity index is 2.41. The minimum atomic E-state index is -1.46. The van der Waals surface area contributed by atoms with E-state index in [1.165, 1.54) is 10.8 Å². The minimum Gasteiger partial charge on any atom is -0.481 e. The van der Waals surface area contributed by atoms with E-state index >= 15 is 0 Å². The maximum absolute atomic E-state index is 10.6. The lowest BCUT2D eigenvalue weighted by molar-refractivity contribution is -0.136. The first-order valence-electron chi connectivity index (χ1n) is 5.40. The van der Waals surface area contributed by atoms with Gasteiger partial charge in [0.05, 0.1) is 24.8 Å². The summed E-state index contributed by atoms with van der Waals surface area (Å²) in [5.41, 5.74) is 0.191. The van der Waals surface area contributed by atoms with Crippen LogP contribution in [0.25, 0.3) is 0 Å². The highest BCUT2D eigenvalue weighted by Gasteiger charge is 2.41. The number of imidazole rings is 1. The van der Waals surface area contributed by atoms with E-state index in [2.05, 4.69) is 4.98 Å². The van der Waals surface area contributed by atoms with E-state index in [1.54, 1.807) is 0 Å². The van der Waals surface area contributed by atoms with Gasteiger partial charge in [0.25, 0.3) is 0 Å². The molecule has 5 N–H and O–H groups in total. The summed E-state index contributed by atoms with van der Waals surface area (Å²) in [6.45, 7) is -0.458. The van der Waals surface area contributed by atoms with Crippen LogP contribution in [0.5, 0.6) is 0 Å². The van der Waals surface area contributed by atoms with Gasteiger partial charge in [-0.1, -0.05) is 0 Å². The van der Waals surface area contributed by atoms with Gasteiger partial charge in [-0.3, -0.25) is 4.79 Å². The van der Waals surface area contributed by atoms with Crippen LogP contribution in [0.1, 0.15) is 23.7 Å². The lowest BCUT2D eigenvalue weighted by Gasteiger charge is -2.35. The van der Waals surface area contributed by atoms with Gasteiger partial charge in [0.2, 0.25) is 0 Å². The van der Waals surface area contributed by atoms with Crippen molar-refractivity contribution in [2.45, 2.75) is 30.8 Å². The number of carboxylic acid groups (broad SMARTS) is 1. The van der Waals surface area contributed by atoms with Crippen LogP contribution < -0.4 is 0 Å². The molecule has 0 bridgehead atoms. The predicted molar refractivity (Wildman–Crippen MR) is 56.7 cm³/mol. The van der Waals surface area contributed by atoms with Crippen molar-refractivity contribution in [3.63, 3.8) is 0 Å². The van der Waals surface area contributed by atoms with Gasteiger partial charge >= 0.3 is 5.97 Å². The third-order valence-corrected chi connectivity index (χ3v) is 3.02. The summed E-state index contributed by atoms with van der Waals surface area (Å²) in [6, 6.07) is -0.853. The lowest BCUT2D eigenvalue weighted by atomic mass is 9.96. The Morgan fingerprint density at radius 1 is 1.33 bits per heavy atom. The predicted octanol–water partition coefficient (Wildman–Crippen LogP) is -2.19. The zero-order valence-corrected chi connectivity index (χ0v) is 9.34. The highest BCUT2D eigenvalue weighted by Crippen LogP contribution is 2.32. The molecular formula is C10H14N2O6.